The first-order valence-corrected chi connectivity index (χ1v) is 9.11. The van der Waals surface area contributed by atoms with Crippen molar-refractivity contribution in [2.45, 2.75) is 32.7 Å². The molecular formula is C11H26N2O2S2. The Morgan fingerprint density at radius 1 is 1.35 bits per heavy atom. The summed E-state index contributed by atoms with van der Waals surface area (Å²) in [7, 11) is -1.43. The highest BCUT2D eigenvalue weighted by molar-refractivity contribution is 7.98. The highest BCUT2D eigenvalue weighted by Gasteiger charge is 2.22. The predicted molar refractivity (Wildman–Crippen MR) is 77.2 cm³/mol. The van der Waals surface area contributed by atoms with Crippen LogP contribution in [0.4, 0.5) is 0 Å². The van der Waals surface area contributed by atoms with Crippen LogP contribution in [0.3, 0.4) is 0 Å². The van der Waals surface area contributed by atoms with E-state index in [9.17, 15) is 8.42 Å². The van der Waals surface area contributed by atoms with Gasteiger partial charge in [0.15, 0.2) is 0 Å². The van der Waals surface area contributed by atoms with Gasteiger partial charge in [-0.25, -0.2) is 12.7 Å². The fourth-order valence-electron chi connectivity index (χ4n) is 1.39. The first-order chi connectivity index (χ1) is 7.95. The van der Waals surface area contributed by atoms with Gasteiger partial charge in [-0.15, -0.1) is 0 Å². The molecule has 0 aromatic carbocycles. The number of nitrogens with zero attached hydrogens (tertiary/aromatic N) is 1. The van der Waals surface area contributed by atoms with E-state index in [2.05, 4.69) is 12.2 Å². The summed E-state index contributed by atoms with van der Waals surface area (Å²) >= 11 is 1.75. The van der Waals surface area contributed by atoms with Crippen LogP contribution in [0.15, 0.2) is 0 Å². The van der Waals surface area contributed by atoms with E-state index in [4.69, 9.17) is 0 Å². The van der Waals surface area contributed by atoms with E-state index in [1.54, 1.807) is 18.8 Å². The average molecular weight is 282 g/mol. The second-order valence-corrected chi connectivity index (χ2v) is 7.35. The van der Waals surface area contributed by atoms with Crippen LogP contribution in [0, 0.1) is 0 Å². The molecule has 0 aliphatic heterocycles. The van der Waals surface area contributed by atoms with Gasteiger partial charge in [-0.05, 0) is 38.3 Å². The van der Waals surface area contributed by atoms with Crippen LogP contribution in [0.2, 0.25) is 0 Å². The minimum atomic E-state index is -3.11. The van der Waals surface area contributed by atoms with Crippen LogP contribution in [0.25, 0.3) is 0 Å². The van der Waals surface area contributed by atoms with Gasteiger partial charge in [-0.1, -0.05) is 6.92 Å². The van der Waals surface area contributed by atoms with Crippen molar-refractivity contribution in [3.8, 4) is 0 Å². The van der Waals surface area contributed by atoms with Crippen LogP contribution in [-0.2, 0) is 10.0 Å². The smallest absolute Gasteiger partial charge is 0.215 e. The van der Waals surface area contributed by atoms with Crippen LogP contribution < -0.4 is 5.32 Å². The molecular weight excluding hydrogens is 256 g/mol. The number of hydrogen-bond acceptors (Lipinski definition) is 4. The minimum Gasteiger partial charge on any atom is -0.316 e. The number of thioether (sulfide) groups is 1. The first-order valence-electron chi connectivity index (χ1n) is 6.11. The van der Waals surface area contributed by atoms with Crippen molar-refractivity contribution in [2.24, 2.45) is 0 Å². The highest BCUT2D eigenvalue weighted by atomic mass is 32.2. The third-order valence-corrected chi connectivity index (χ3v) is 5.36. The van der Waals surface area contributed by atoms with Gasteiger partial charge in [0.1, 0.15) is 0 Å². The van der Waals surface area contributed by atoms with Crippen molar-refractivity contribution in [3.05, 3.63) is 0 Å². The van der Waals surface area contributed by atoms with Gasteiger partial charge < -0.3 is 5.32 Å². The number of nitrogens with one attached hydrogen (secondary N) is 1. The molecule has 0 saturated heterocycles. The molecule has 0 bridgehead atoms. The molecule has 0 saturated carbocycles. The molecule has 0 heterocycles. The first kappa shape index (κ1) is 17.2. The fraction of sp³-hybridized carbons (Fsp3) is 1.00. The summed E-state index contributed by atoms with van der Waals surface area (Å²) in [6.07, 6.45) is 3.97. The van der Waals surface area contributed by atoms with Gasteiger partial charge in [0.2, 0.25) is 10.0 Å². The Morgan fingerprint density at radius 3 is 2.53 bits per heavy atom. The Hall–Kier alpha value is 0.220. The monoisotopic (exact) mass is 282 g/mol. The normalized spacial score (nSPS) is 14.2. The predicted octanol–water partition coefficient (Wildman–Crippen LogP) is 1.39. The van der Waals surface area contributed by atoms with E-state index < -0.39 is 10.0 Å². The molecule has 0 aromatic rings. The van der Waals surface area contributed by atoms with E-state index in [0.29, 0.717) is 6.54 Å². The molecule has 104 valence electrons. The lowest BCUT2D eigenvalue weighted by Crippen LogP contribution is -2.39. The number of rotatable bonds is 10. The Labute approximate surface area is 111 Å². The summed E-state index contributed by atoms with van der Waals surface area (Å²) in [4.78, 5) is 0. The average Bonchev–Trinajstić information content (AvgIpc) is 2.30. The maximum atomic E-state index is 12.0. The zero-order valence-corrected chi connectivity index (χ0v) is 13.0. The van der Waals surface area contributed by atoms with Crippen molar-refractivity contribution in [1.82, 2.24) is 9.62 Å². The summed E-state index contributed by atoms with van der Waals surface area (Å²) in [5.41, 5.74) is 0. The van der Waals surface area contributed by atoms with Crippen molar-refractivity contribution < 1.29 is 8.42 Å². The van der Waals surface area contributed by atoms with Crippen LogP contribution in [0.1, 0.15) is 26.7 Å². The maximum Gasteiger partial charge on any atom is 0.215 e. The molecule has 0 radical (unpaired) electrons. The molecule has 0 aromatic heterocycles. The molecule has 0 aliphatic rings. The minimum absolute atomic E-state index is 0.0821. The molecule has 1 unspecified atom stereocenters. The zero-order valence-electron chi connectivity index (χ0n) is 11.4. The van der Waals surface area contributed by atoms with Crippen molar-refractivity contribution in [3.63, 3.8) is 0 Å². The molecule has 0 amide bonds. The lowest BCUT2D eigenvalue weighted by atomic mass is 10.3. The van der Waals surface area contributed by atoms with Gasteiger partial charge in [-0.3, -0.25) is 0 Å². The Balaban J connectivity index is 4.10. The van der Waals surface area contributed by atoms with Gasteiger partial charge in [-0.2, -0.15) is 11.8 Å². The third-order valence-electron chi connectivity index (χ3n) is 2.76. The highest BCUT2D eigenvalue weighted by Crippen LogP contribution is 2.10. The Morgan fingerprint density at radius 2 is 2.00 bits per heavy atom. The molecule has 4 nitrogen and oxygen atoms in total. The molecule has 0 spiro atoms. The third kappa shape index (κ3) is 7.28. The summed E-state index contributed by atoms with van der Waals surface area (Å²) < 4.78 is 25.5. The van der Waals surface area contributed by atoms with Gasteiger partial charge in [0.25, 0.3) is 0 Å². The van der Waals surface area contributed by atoms with Crippen LogP contribution >= 0.6 is 11.8 Å². The second kappa shape index (κ2) is 9.19. The quantitative estimate of drug-likeness (QED) is 0.615. The van der Waals surface area contributed by atoms with E-state index in [0.717, 1.165) is 25.1 Å². The topological polar surface area (TPSA) is 49.4 Å². The largest absolute Gasteiger partial charge is 0.316 e. The lowest BCUT2D eigenvalue weighted by Gasteiger charge is -2.24. The van der Waals surface area contributed by atoms with Crippen LogP contribution in [-0.4, -0.2) is 56.7 Å². The second-order valence-electron chi connectivity index (χ2n) is 4.21. The summed E-state index contributed by atoms with van der Waals surface area (Å²) in [6, 6.07) is 0.0821. The standard InChI is InChI=1S/C11H26N2O2S2/c1-5-7-12-8-10-17(14,15)13(3)11(2)6-9-16-4/h11-12H,5-10H2,1-4H3. The lowest BCUT2D eigenvalue weighted by molar-refractivity contribution is 0.382. The summed E-state index contributed by atoms with van der Waals surface area (Å²) in [6.45, 7) is 5.45. The van der Waals surface area contributed by atoms with Crippen molar-refractivity contribution in [2.75, 3.05) is 37.9 Å². The molecule has 6 heteroatoms. The number of hydrogen-bond donors (Lipinski definition) is 1. The Bertz CT molecular complexity index is 281. The van der Waals surface area contributed by atoms with E-state index in [1.807, 2.05) is 13.2 Å². The van der Waals surface area contributed by atoms with E-state index in [-0.39, 0.29) is 11.8 Å². The Kier molecular flexibility index (Phi) is 9.31. The van der Waals surface area contributed by atoms with E-state index >= 15 is 0 Å². The molecule has 0 rings (SSSR count). The number of sulfonamides is 1. The van der Waals surface area contributed by atoms with Gasteiger partial charge in [0.05, 0.1) is 5.75 Å². The molecule has 1 N–H and O–H groups in total. The molecule has 17 heavy (non-hydrogen) atoms. The van der Waals surface area contributed by atoms with Gasteiger partial charge in [0, 0.05) is 19.6 Å². The summed E-state index contributed by atoms with van der Waals surface area (Å²) in [5.74, 6) is 1.18. The maximum absolute atomic E-state index is 12.0. The SMILES string of the molecule is CCCNCCS(=O)(=O)N(C)C(C)CCSC. The fourth-order valence-corrected chi connectivity index (χ4v) is 3.31. The van der Waals surface area contributed by atoms with Crippen molar-refractivity contribution >= 4 is 21.8 Å². The van der Waals surface area contributed by atoms with Gasteiger partial charge >= 0.3 is 0 Å². The van der Waals surface area contributed by atoms with Crippen molar-refractivity contribution in [1.29, 1.82) is 0 Å². The van der Waals surface area contributed by atoms with E-state index in [1.165, 1.54) is 4.31 Å². The molecule has 0 fully saturated rings. The van der Waals surface area contributed by atoms with Crippen LogP contribution in [0.5, 0.6) is 0 Å². The summed E-state index contributed by atoms with van der Waals surface area (Å²) in [5, 5.41) is 3.12. The molecule has 1 atom stereocenters. The molecule has 0 aliphatic carbocycles. The zero-order chi connectivity index (χ0) is 13.3.